The second kappa shape index (κ2) is 7.35. The number of aromatic nitrogens is 1. The van der Waals surface area contributed by atoms with E-state index in [2.05, 4.69) is 10.3 Å². The minimum Gasteiger partial charge on any atom is -0.361 e. The third kappa shape index (κ3) is 3.56. The lowest BCUT2D eigenvalue weighted by molar-refractivity contribution is -0.117. The monoisotopic (exact) mass is 357 g/mol. The molecule has 0 aliphatic rings. The normalized spacial score (nSPS) is 10.7. The fraction of sp³-hybridized carbons (Fsp3) is 0.158. The summed E-state index contributed by atoms with van der Waals surface area (Å²) in [5, 5.41) is 3.41. The minimum atomic E-state index is -1.11. The van der Waals surface area contributed by atoms with Crippen LogP contribution in [0.25, 0.3) is 10.9 Å². The summed E-state index contributed by atoms with van der Waals surface area (Å²) in [5.41, 5.74) is 1.63. The van der Waals surface area contributed by atoms with Crippen molar-refractivity contribution in [2.75, 3.05) is 18.0 Å². The van der Waals surface area contributed by atoms with Crippen LogP contribution in [0.2, 0.25) is 0 Å². The first kappa shape index (κ1) is 17.6. The number of carbonyl (C=O) groups is 2. The lowest BCUT2D eigenvalue weighted by atomic mass is 10.2. The van der Waals surface area contributed by atoms with Gasteiger partial charge in [-0.1, -0.05) is 0 Å². The molecule has 3 rings (SSSR count). The maximum Gasteiger partial charge on any atom is 0.251 e. The number of aromatic amines is 1. The summed E-state index contributed by atoms with van der Waals surface area (Å²) in [5.74, 6) is -3.10. The second-order valence-corrected chi connectivity index (χ2v) is 5.70. The van der Waals surface area contributed by atoms with E-state index in [-0.39, 0.29) is 18.0 Å². The lowest BCUT2D eigenvalue weighted by Crippen LogP contribution is -2.40. The highest BCUT2D eigenvalue weighted by atomic mass is 19.2. The number of likely N-dealkylation sites (N-methyl/N-ethyl adjacent to an activating group) is 1. The number of rotatable bonds is 5. The molecule has 1 heterocycles. The van der Waals surface area contributed by atoms with Crippen LogP contribution in [0, 0.1) is 11.6 Å². The smallest absolute Gasteiger partial charge is 0.251 e. The number of H-pyrrole nitrogens is 1. The maximum absolute atomic E-state index is 13.2. The number of carbonyl (C=O) groups excluding carboxylic acids is 2. The Balaban J connectivity index is 1.68. The largest absolute Gasteiger partial charge is 0.361 e. The highest BCUT2D eigenvalue weighted by Crippen LogP contribution is 2.21. The second-order valence-electron chi connectivity index (χ2n) is 5.70. The van der Waals surface area contributed by atoms with Crippen LogP contribution in [0.4, 0.5) is 14.5 Å². The molecule has 1 aromatic heterocycles. The van der Waals surface area contributed by atoms with Gasteiger partial charge in [0.2, 0.25) is 5.91 Å². The van der Waals surface area contributed by atoms with Crippen LogP contribution in [-0.2, 0) is 4.79 Å². The van der Waals surface area contributed by atoms with Crippen LogP contribution in [0.15, 0.2) is 48.7 Å². The van der Waals surface area contributed by atoms with Crippen molar-refractivity contribution in [2.45, 2.75) is 6.92 Å². The summed E-state index contributed by atoms with van der Waals surface area (Å²) in [6.07, 6.45) is 1.81. The van der Waals surface area contributed by atoms with E-state index in [1.165, 1.54) is 4.90 Å². The first-order valence-electron chi connectivity index (χ1n) is 8.10. The summed E-state index contributed by atoms with van der Waals surface area (Å²) < 4.78 is 26.1. The number of fused-ring (bicyclic) bond motifs is 1. The van der Waals surface area contributed by atoms with Crippen LogP contribution in [0.5, 0.6) is 0 Å². The Morgan fingerprint density at radius 3 is 2.62 bits per heavy atom. The average Bonchev–Trinajstić information content (AvgIpc) is 3.10. The molecule has 0 unspecified atom stereocenters. The van der Waals surface area contributed by atoms with Crippen molar-refractivity contribution in [3.63, 3.8) is 0 Å². The first-order valence-corrected chi connectivity index (χ1v) is 8.10. The van der Waals surface area contributed by atoms with E-state index >= 15 is 0 Å². The molecule has 2 aromatic carbocycles. The van der Waals surface area contributed by atoms with Gasteiger partial charge in [-0.3, -0.25) is 9.59 Å². The Morgan fingerprint density at radius 1 is 1.08 bits per heavy atom. The van der Waals surface area contributed by atoms with Gasteiger partial charge < -0.3 is 15.2 Å². The molecular formula is C19H17F2N3O2. The Morgan fingerprint density at radius 2 is 1.88 bits per heavy atom. The Kier molecular flexibility index (Phi) is 4.97. The molecule has 0 aliphatic heterocycles. The number of hydrogen-bond acceptors (Lipinski definition) is 2. The third-order valence-corrected chi connectivity index (χ3v) is 4.05. The first-order chi connectivity index (χ1) is 12.5. The van der Waals surface area contributed by atoms with Gasteiger partial charge in [0.05, 0.1) is 6.54 Å². The van der Waals surface area contributed by atoms with E-state index in [0.29, 0.717) is 12.2 Å². The molecule has 2 amide bonds. The summed E-state index contributed by atoms with van der Waals surface area (Å²) in [6.45, 7) is 2.00. The Labute approximate surface area is 148 Å². The lowest BCUT2D eigenvalue weighted by Gasteiger charge is -2.21. The van der Waals surface area contributed by atoms with Gasteiger partial charge in [-0.15, -0.1) is 0 Å². The number of hydrogen-bond donors (Lipinski definition) is 2. The molecular weight excluding hydrogens is 340 g/mol. The van der Waals surface area contributed by atoms with Gasteiger partial charge in [0.1, 0.15) is 0 Å². The van der Waals surface area contributed by atoms with Crippen molar-refractivity contribution in [1.82, 2.24) is 10.3 Å². The van der Waals surface area contributed by atoms with Crippen molar-refractivity contribution >= 4 is 28.4 Å². The van der Waals surface area contributed by atoms with E-state index in [1.54, 1.807) is 0 Å². The molecule has 0 bridgehead atoms. The Hall–Kier alpha value is -3.22. The van der Waals surface area contributed by atoms with Gasteiger partial charge in [0.25, 0.3) is 5.91 Å². The van der Waals surface area contributed by atoms with Gasteiger partial charge in [0.15, 0.2) is 11.6 Å². The molecule has 7 heteroatoms. The van der Waals surface area contributed by atoms with Gasteiger partial charge in [-0.05, 0) is 49.4 Å². The molecule has 2 N–H and O–H groups in total. The Bertz CT molecular complexity index is 968. The summed E-state index contributed by atoms with van der Waals surface area (Å²) in [6, 6.07) is 10.3. The zero-order valence-corrected chi connectivity index (χ0v) is 14.1. The standard InChI is InChI=1S/C19H17F2N3O2/c1-2-24(14-4-6-17-12(9-14)7-8-22-17)18(25)11-23-19(26)13-3-5-15(20)16(21)10-13/h3-10,22H,2,11H2,1H3,(H,23,26). The van der Waals surface area contributed by atoms with Gasteiger partial charge in [-0.2, -0.15) is 0 Å². The quantitative estimate of drug-likeness (QED) is 0.736. The van der Waals surface area contributed by atoms with Crippen molar-refractivity contribution in [3.05, 3.63) is 65.9 Å². The van der Waals surface area contributed by atoms with E-state index in [4.69, 9.17) is 0 Å². The van der Waals surface area contributed by atoms with Crippen LogP contribution < -0.4 is 10.2 Å². The van der Waals surface area contributed by atoms with Crippen LogP contribution >= 0.6 is 0 Å². The molecule has 134 valence electrons. The molecule has 0 saturated carbocycles. The zero-order valence-electron chi connectivity index (χ0n) is 14.1. The van der Waals surface area contributed by atoms with Crippen LogP contribution in [-0.4, -0.2) is 29.9 Å². The maximum atomic E-state index is 13.2. The third-order valence-electron chi connectivity index (χ3n) is 4.05. The van der Waals surface area contributed by atoms with E-state index in [9.17, 15) is 18.4 Å². The number of nitrogens with one attached hydrogen (secondary N) is 2. The fourth-order valence-electron chi connectivity index (χ4n) is 2.70. The SMILES string of the molecule is CCN(C(=O)CNC(=O)c1ccc(F)c(F)c1)c1ccc2[nH]ccc2c1. The predicted molar refractivity (Wildman–Crippen MR) is 95.0 cm³/mol. The number of benzene rings is 2. The molecule has 0 fully saturated rings. The number of anilines is 1. The zero-order chi connectivity index (χ0) is 18.7. The molecule has 0 spiro atoms. The van der Waals surface area contributed by atoms with Crippen molar-refractivity contribution in [1.29, 1.82) is 0 Å². The highest BCUT2D eigenvalue weighted by Gasteiger charge is 2.16. The van der Waals surface area contributed by atoms with Gasteiger partial charge >= 0.3 is 0 Å². The fourth-order valence-corrected chi connectivity index (χ4v) is 2.70. The number of amides is 2. The van der Waals surface area contributed by atoms with Gasteiger partial charge in [-0.25, -0.2) is 8.78 Å². The molecule has 26 heavy (non-hydrogen) atoms. The highest BCUT2D eigenvalue weighted by molar-refractivity contribution is 6.01. The van der Waals surface area contributed by atoms with Crippen LogP contribution in [0.3, 0.4) is 0 Å². The molecule has 3 aromatic rings. The molecule has 0 atom stereocenters. The number of nitrogens with zero attached hydrogens (tertiary/aromatic N) is 1. The summed E-state index contributed by atoms with van der Waals surface area (Å²) >= 11 is 0. The molecule has 5 nitrogen and oxygen atoms in total. The predicted octanol–water partition coefficient (Wildman–Crippen LogP) is 3.23. The van der Waals surface area contributed by atoms with Crippen molar-refractivity contribution < 1.29 is 18.4 Å². The number of halogens is 2. The molecule has 0 radical (unpaired) electrons. The van der Waals surface area contributed by atoms with E-state index in [0.717, 1.165) is 29.1 Å². The molecule has 0 saturated heterocycles. The van der Waals surface area contributed by atoms with Crippen molar-refractivity contribution in [3.8, 4) is 0 Å². The van der Waals surface area contributed by atoms with E-state index < -0.39 is 17.5 Å². The molecule has 0 aliphatic carbocycles. The van der Waals surface area contributed by atoms with Gasteiger partial charge in [0, 0.05) is 34.9 Å². The minimum absolute atomic E-state index is 0.0477. The van der Waals surface area contributed by atoms with E-state index in [1.807, 2.05) is 37.4 Å². The average molecular weight is 357 g/mol. The van der Waals surface area contributed by atoms with Crippen molar-refractivity contribution in [2.24, 2.45) is 0 Å². The topological polar surface area (TPSA) is 65.2 Å². The van der Waals surface area contributed by atoms with Crippen LogP contribution in [0.1, 0.15) is 17.3 Å². The summed E-state index contributed by atoms with van der Waals surface area (Å²) in [7, 11) is 0. The summed E-state index contributed by atoms with van der Waals surface area (Å²) in [4.78, 5) is 29.1.